The number of carboxylic acid groups (broad SMARTS) is 2. The second-order valence-corrected chi connectivity index (χ2v) is 2.52. The monoisotopic (exact) mass is 194 g/mol. The number of carbonyl (C=O) groups is 2. The molecule has 0 heterocycles. The fourth-order valence-electron chi connectivity index (χ4n) is 0.948. The summed E-state index contributed by atoms with van der Waals surface area (Å²) < 4.78 is 0. The van der Waals surface area contributed by atoms with Gasteiger partial charge < -0.3 is 19.8 Å². The molecule has 0 saturated heterocycles. The lowest BCUT2D eigenvalue weighted by atomic mass is 10.0. The smallest absolute Gasteiger partial charge is 0.0681 e. The molecule has 0 aromatic carbocycles. The van der Waals surface area contributed by atoms with Crippen molar-refractivity contribution in [3.8, 4) is 0 Å². The van der Waals surface area contributed by atoms with E-state index in [1.807, 2.05) is 0 Å². The molecule has 0 radical (unpaired) electrons. The summed E-state index contributed by atoms with van der Waals surface area (Å²) in [5.74, 6) is -3.04. The minimum absolute atomic E-state index is 0.0700. The first kappa shape index (κ1) is 12.2. The quantitative estimate of drug-likeness (QED) is 0.398. The standard InChI is InChI=1S/C10H12O4/c1-3-5-7(9(11)12)8(6-4-2)10(13)14/h3-4H,1-2,5-6H2,(H,11,12)(H,13,14)/p-2/b8-7-. The van der Waals surface area contributed by atoms with Crippen LogP contribution in [0.15, 0.2) is 36.5 Å². The maximum absolute atomic E-state index is 10.6. The highest BCUT2D eigenvalue weighted by molar-refractivity contribution is 5.97. The number of aliphatic carboxylic acids is 2. The summed E-state index contributed by atoms with van der Waals surface area (Å²) in [6, 6.07) is 0. The molecule has 0 saturated carbocycles. The lowest BCUT2D eigenvalue weighted by Crippen LogP contribution is -2.31. The van der Waals surface area contributed by atoms with Crippen LogP contribution in [-0.2, 0) is 9.59 Å². The minimum atomic E-state index is -1.52. The van der Waals surface area contributed by atoms with Gasteiger partial charge in [-0.05, 0) is 24.0 Å². The number of allylic oxidation sites excluding steroid dienone is 2. The first-order chi connectivity index (χ1) is 6.54. The van der Waals surface area contributed by atoms with E-state index >= 15 is 0 Å². The average molecular weight is 194 g/mol. The van der Waals surface area contributed by atoms with Gasteiger partial charge in [0.1, 0.15) is 0 Å². The summed E-state index contributed by atoms with van der Waals surface area (Å²) in [6.07, 6.45) is 2.44. The molecule has 0 amide bonds. The van der Waals surface area contributed by atoms with Gasteiger partial charge in [0.15, 0.2) is 0 Å². The van der Waals surface area contributed by atoms with Crippen molar-refractivity contribution in [1.82, 2.24) is 0 Å². The molecule has 0 aromatic rings. The summed E-state index contributed by atoms with van der Waals surface area (Å²) >= 11 is 0. The van der Waals surface area contributed by atoms with Gasteiger partial charge in [-0.25, -0.2) is 0 Å². The van der Waals surface area contributed by atoms with Gasteiger partial charge in [0.05, 0.1) is 11.9 Å². The van der Waals surface area contributed by atoms with E-state index < -0.39 is 11.9 Å². The zero-order chi connectivity index (χ0) is 11.1. The molecule has 14 heavy (non-hydrogen) atoms. The van der Waals surface area contributed by atoms with Crippen LogP contribution in [-0.4, -0.2) is 11.9 Å². The largest absolute Gasteiger partial charge is 0.545 e. The molecular formula is C10H10O4-2. The highest BCUT2D eigenvalue weighted by atomic mass is 16.4. The SMILES string of the molecule is C=CC/C(C(=O)[O-])=C(\CC=C)C(=O)[O-]. The number of carbonyl (C=O) groups excluding carboxylic acids is 2. The predicted octanol–water partition coefficient (Wildman–Crippen LogP) is -1.06. The molecule has 0 fully saturated rings. The summed E-state index contributed by atoms with van der Waals surface area (Å²) in [7, 11) is 0. The highest BCUT2D eigenvalue weighted by Crippen LogP contribution is 2.12. The van der Waals surface area contributed by atoms with E-state index in [2.05, 4.69) is 13.2 Å². The highest BCUT2D eigenvalue weighted by Gasteiger charge is 2.06. The molecule has 0 rings (SSSR count). The van der Waals surface area contributed by atoms with Crippen LogP contribution in [0.25, 0.3) is 0 Å². The molecule has 4 heteroatoms. The number of carboxylic acids is 2. The summed E-state index contributed by atoms with van der Waals surface area (Å²) in [6.45, 7) is 6.64. The predicted molar refractivity (Wildman–Crippen MR) is 46.7 cm³/mol. The van der Waals surface area contributed by atoms with Gasteiger partial charge in [-0.3, -0.25) is 0 Å². The molecule has 76 valence electrons. The van der Waals surface area contributed by atoms with E-state index in [0.717, 1.165) is 0 Å². The zero-order valence-corrected chi connectivity index (χ0v) is 7.62. The Bertz CT molecular complexity index is 269. The number of hydrogen-bond donors (Lipinski definition) is 0. The minimum Gasteiger partial charge on any atom is -0.545 e. The van der Waals surface area contributed by atoms with Crippen LogP contribution < -0.4 is 10.2 Å². The molecule has 0 N–H and O–H groups in total. The third kappa shape index (κ3) is 3.26. The summed E-state index contributed by atoms with van der Waals surface area (Å²) in [5.41, 5.74) is -0.639. The van der Waals surface area contributed by atoms with Crippen LogP contribution in [0.5, 0.6) is 0 Å². The van der Waals surface area contributed by atoms with E-state index in [0.29, 0.717) is 0 Å². The third-order valence-corrected chi connectivity index (χ3v) is 1.55. The van der Waals surface area contributed by atoms with Crippen molar-refractivity contribution in [2.75, 3.05) is 0 Å². The Labute approximate surface area is 81.9 Å². The van der Waals surface area contributed by atoms with Crippen molar-refractivity contribution in [1.29, 1.82) is 0 Å². The van der Waals surface area contributed by atoms with Crippen LogP contribution in [0, 0.1) is 0 Å². The van der Waals surface area contributed by atoms with Crippen molar-refractivity contribution in [3.63, 3.8) is 0 Å². The maximum Gasteiger partial charge on any atom is 0.0681 e. The molecule has 0 spiro atoms. The van der Waals surface area contributed by atoms with Gasteiger partial charge in [0.25, 0.3) is 0 Å². The van der Waals surface area contributed by atoms with E-state index in [1.165, 1.54) is 12.2 Å². The third-order valence-electron chi connectivity index (χ3n) is 1.55. The topological polar surface area (TPSA) is 80.3 Å². The lowest BCUT2D eigenvalue weighted by Gasteiger charge is -2.14. The van der Waals surface area contributed by atoms with E-state index in [1.54, 1.807) is 0 Å². The second kappa shape index (κ2) is 5.75. The molecule has 0 bridgehead atoms. The first-order valence-electron chi connectivity index (χ1n) is 3.91. The summed E-state index contributed by atoms with van der Waals surface area (Å²) in [5, 5.41) is 21.1. The molecule has 0 aliphatic rings. The van der Waals surface area contributed by atoms with Gasteiger partial charge in [0, 0.05) is 0 Å². The maximum atomic E-state index is 10.6. The normalized spacial score (nSPS) is 11.4. The van der Waals surface area contributed by atoms with E-state index in [4.69, 9.17) is 0 Å². The Morgan fingerprint density at radius 3 is 1.36 bits per heavy atom. The van der Waals surface area contributed by atoms with Gasteiger partial charge in [-0.15, -0.1) is 13.2 Å². The Morgan fingerprint density at radius 1 is 0.929 bits per heavy atom. The summed E-state index contributed by atoms with van der Waals surface area (Å²) in [4.78, 5) is 21.1. The fraction of sp³-hybridized carbons (Fsp3) is 0.200. The van der Waals surface area contributed by atoms with Crippen molar-refractivity contribution in [2.45, 2.75) is 12.8 Å². The van der Waals surface area contributed by atoms with Crippen molar-refractivity contribution in [2.24, 2.45) is 0 Å². The van der Waals surface area contributed by atoms with Crippen molar-refractivity contribution >= 4 is 11.9 Å². The molecular weight excluding hydrogens is 184 g/mol. The average Bonchev–Trinajstić information content (AvgIpc) is 2.10. The van der Waals surface area contributed by atoms with Crippen LogP contribution in [0.3, 0.4) is 0 Å². The van der Waals surface area contributed by atoms with Crippen LogP contribution >= 0.6 is 0 Å². The van der Waals surface area contributed by atoms with Crippen molar-refractivity contribution < 1.29 is 19.8 Å². The van der Waals surface area contributed by atoms with E-state index in [9.17, 15) is 19.8 Å². The van der Waals surface area contributed by atoms with E-state index in [-0.39, 0.29) is 24.0 Å². The lowest BCUT2D eigenvalue weighted by molar-refractivity contribution is -0.304. The zero-order valence-electron chi connectivity index (χ0n) is 7.62. The van der Waals surface area contributed by atoms with Crippen LogP contribution in [0.1, 0.15) is 12.8 Å². The Kier molecular flexibility index (Phi) is 4.99. The van der Waals surface area contributed by atoms with Crippen molar-refractivity contribution in [3.05, 3.63) is 36.5 Å². The van der Waals surface area contributed by atoms with Crippen LogP contribution in [0.2, 0.25) is 0 Å². The molecule has 0 aliphatic carbocycles. The van der Waals surface area contributed by atoms with Gasteiger partial charge >= 0.3 is 0 Å². The molecule has 0 aliphatic heterocycles. The van der Waals surface area contributed by atoms with Gasteiger partial charge in [-0.2, -0.15) is 0 Å². The molecule has 4 nitrogen and oxygen atoms in total. The Balaban J connectivity index is 5.23. The van der Waals surface area contributed by atoms with Gasteiger partial charge in [0.2, 0.25) is 0 Å². The first-order valence-corrected chi connectivity index (χ1v) is 3.91. The Morgan fingerprint density at radius 2 is 1.21 bits per heavy atom. The Hall–Kier alpha value is -1.84. The van der Waals surface area contributed by atoms with Gasteiger partial charge in [-0.1, -0.05) is 12.2 Å². The second-order valence-electron chi connectivity index (χ2n) is 2.52. The molecule has 0 unspecified atom stereocenters. The number of hydrogen-bond acceptors (Lipinski definition) is 4. The van der Waals surface area contributed by atoms with Crippen LogP contribution in [0.4, 0.5) is 0 Å². The fourth-order valence-corrected chi connectivity index (χ4v) is 0.948. The molecule has 0 aromatic heterocycles. The number of rotatable bonds is 6. The molecule has 0 atom stereocenters.